The predicted octanol–water partition coefficient (Wildman–Crippen LogP) is 1.96. The van der Waals surface area contributed by atoms with E-state index >= 15 is 0 Å². The lowest BCUT2D eigenvalue weighted by Gasteiger charge is -1.99. The van der Waals surface area contributed by atoms with E-state index in [1.54, 1.807) is 18.6 Å². The van der Waals surface area contributed by atoms with E-state index < -0.39 is 6.03 Å². The minimum atomic E-state index is -0.480. The van der Waals surface area contributed by atoms with Gasteiger partial charge in [0.25, 0.3) is 0 Å². The normalized spacial score (nSPS) is 17.7. The average molecular weight is 289 g/mol. The van der Waals surface area contributed by atoms with Crippen molar-refractivity contribution in [2.24, 2.45) is 35.4 Å². The molecule has 4 aliphatic rings. The van der Waals surface area contributed by atoms with Crippen molar-refractivity contribution < 1.29 is 4.79 Å². The Morgan fingerprint density at radius 2 is 1.82 bits per heavy atom. The molecule has 4 aliphatic heterocycles. The second kappa shape index (κ2) is 4.85. The molecule has 104 valence electrons. The fourth-order valence-corrected chi connectivity index (χ4v) is 2.13. The molecule has 8 heteroatoms. The molecule has 0 spiro atoms. The number of hydrogen-bond acceptors (Lipinski definition) is 6. The number of nitrogens with zero attached hydrogens (tertiary/aromatic N) is 7. The van der Waals surface area contributed by atoms with Gasteiger partial charge in [-0.1, -0.05) is 0 Å². The summed E-state index contributed by atoms with van der Waals surface area (Å²) in [4.78, 5) is 22.4. The van der Waals surface area contributed by atoms with E-state index in [9.17, 15) is 4.79 Å². The molecule has 0 radical (unpaired) electrons. The molecule has 0 bridgehead atoms. The molecular weight excluding hydrogens is 282 g/mol. The van der Waals surface area contributed by atoms with Gasteiger partial charge < -0.3 is 0 Å². The first kappa shape index (κ1) is 12.3. The molecule has 0 saturated heterocycles. The van der Waals surface area contributed by atoms with E-state index in [0.29, 0.717) is 5.36 Å². The van der Waals surface area contributed by atoms with Crippen LogP contribution in [-0.4, -0.2) is 18.5 Å². The molecule has 0 N–H and O–H groups in total. The molecule has 0 fully saturated rings. The first-order valence-corrected chi connectivity index (χ1v) is 6.38. The van der Waals surface area contributed by atoms with Crippen molar-refractivity contribution in [2.75, 3.05) is 0 Å². The molecule has 4 heterocycles. The van der Waals surface area contributed by atoms with E-state index in [-0.39, 0.29) is 0 Å². The van der Waals surface area contributed by atoms with Gasteiger partial charge in [-0.2, -0.15) is 25.3 Å². The number of urea groups is 1. The predicted molar refractivity (Wildman–Crippen MR) is 78.7 cm³/mol. The molecule has 5 rings (SSSR count). The first-order valence-electron chi connectivity index (χ1n) is 6.38. The van der Waals surface area contributed by atoms with Crippen LogP contribution >= 0.6 is 0 Å². The number of aliphatic imine (C=N–C) groups is 2. The van der Waals surface area contributed by atoms with E-state index in [1.165, 1.54) is 6.21 Å². The third kappa shape index (κ3) is 2.03. The third-order valence-corrected chi connectivity index (χ3v) is 3.15. The van der Waals surface area contributed by atoms with E-state index in [4.69, 9.17) is 0 Å². The van der Waals surface area contributed by atoms with Crippen molar-refractivity contribution in [2.45, 2.75) is 0 Å². The summed E-state index contributed by atoms with van der Waals surface area (Å²) in [7, 11) is 0. The molecule has 1 aromatic carbocycles. The fraction of sp³-hybridized carbons (Fsp3) is 0. The number of azo groups is 2. The Labute approximate surface area is 123 Å². The van der Waals surface area contributed by atoms with Crippen LogP contribution in [0.2, 0.25) is 0 Å². The standard InChI is InChI=1S/C9H4N4O.C5H3N3/c14-9-10-3-5-1-2-7-6(4-11-13-7)8(5)12-9;1-2-6-5-3-7-8-4(1)5/h1-4H;1-3H. The van der Waals surface area contributed by atoms with Crippen molar-refractivity contribution in [1.29, 1.82) is 0 Å². The second-order valence-electron chi connectivity index (χ2n) is 4.49. The summed E-state index contributed by atoms with van der Waals surface area (Å²) in [5.74, 6) is 0. The first-order chi connectivity index (χ1) is 10.8. The van der Waals surface area contributed by atoms with Crippen LogP contribution in [0.25, 0.3) is 6.20 Å². The van der Waals surface area contributed by atoms with Crippen LogP contribution in [0.5, 0.6) is 0 Å². The Balaban J connectivity index is 0.000000132. The van der Waals surface area contributed by atoms with Crippen molar-refractivity contribution in [3.63, 3.8) is 0 Å². The number of carbonyl (C=O) groups excluding carboxylic acids is 1. The Morgan fingerprint density at radius 1 is 0.909 bits per heavy atom. The highest BCUT2D eigenvalue weighted by Crippen LogP contribution is 2.22. The number of fused-ring (bicyclic) bond motifs is 4. The van der Waals surface area contributed by atoms with Crippen LogP contribution in [0.4, 0.5) is 10.5 Å². The SMILES string of the molecule is C1=NC2=CN=NC2=C1.O=C1N=Cc2ccc3c(c2=N1)=CN=N3. The van der Waals surface area contributed by atoms with Gasteiger partial charge in [-0.3, -0.25) is 4.99 Å². The molecule has 2 amide bonds. The van der Waals surface area contributed by atoms with Crippen molar-refractivity contribution in [3.8, 4) is 0 Å². The molecule has 1 aromatic rings. The molecule has 0 unspecified atom stereocenters. The van der Waals surface area contributed by atoms with Crippen LogP contribution in [0.3, 0.4) is 0 Å². The maximum absolute atomic E-state index is 11.0. The van der Waals surface area contributed by atoms with Gasteiger partial charge in [-0.15, -0.1) is 5.11 Å². The number of rotatable bonds is 0. The number of hydrogen-bond donors (Lipinski definition) is 0. The van der Waals surface area contributed by atoms with Gasteiger partial charge in [0.15, 0.2) is 0 Å². The number of carbonyl (C=O) groups is 1. The lowest BCUT2D eigenvalue weighted by atomic mass is 10.1. The van der Waals surface area contributed by atoms with Crippen LogP contribution in [-0.2, 0) is 0 Å². The average Bonchev–Trinajstić information content (AvgIpc) is 3.24. The maximum atomic E-state index is 11.0. The van der Waals surface area contributed by atoms with Gasteiger partial charge in [0.1, 0.15) is 11.4 Å². The minimum Gasteiger partial charge on any atom is -0.253 e. The van der Waals surface area contributed by atoms with Crippen LogP contribution in [0.1, 0.15) is 5.56 Å². The zero-order valence-corrected chi connectivity index (χ0v) is 11.1. The third-order valence-electron chi connectivity index (χ3n) is 3.15. The van der Waals surface area contributed by atoms with Gasteiger partial charge in [-0.25, -0.2) is 4.79 Å². The summed E-state index contributed by atoms with van der Waals surface area (Å²) in [5, 5.41) is 16.5. The van der Waals surface area contributed by atoms with Gasteiger partial charge in [-0.05, 0) is 18.2 Å². The zero-order valence-electron chi connectivity index (χ0n) is 11.1. The summed E-state index contributed by atoms with van der Waals surface area (Å²) >= 11 is 0. The van der Waals surface area contributed by atoms with Gasteiger partial charge >= 0.3 is 6.03 Å². The summed E-state index contributed by atoms with van der Waals surface area (Å²) < 4.78 is 0. The van der Waals surface area contributed by atoms with E-state index in [1.807, 2.05) is 18.2 Å². The number of benzene rings is 1. The molecule has 0 atom stereocenters. The highest BCUT2D eigenvalue weighted by Gasteiger charge is 2.10. The van der Waals surface area contributed by atoms with E-state index in [0.717, 1.165) is 27.9 Å². The Kier molecular flexibility index (Phi) is 2.72. The molecular formula is C14H7N7O. The second-order valence-corrected chi connectivity index (χ2v) is 4.49. The monoisotopic (exact) mass is 289 g/mol. The van der Waals surface area contributed by atoms with Crippen molar-refractivity contribution in [1.82, 2.24) is 0 Å². The van der Waals surface area contributed by atoms with Gasteiger partial charge in [0, 0.05) is 23.2 Å². The highest BCUT2D eigenvalue weighted by molar-refractivity contribution is 5.94. The van der Waals surface area contributed by atoms with Crippen LogP contribution in [0.15, 0.2) is 71.2 Å². The highest BCUT2D eigenvalue weighted by atomic mass is 16.2. The van der Waals surface area contributed by atoms with Crippen molar-refractivity contribution >= 4 is 30.3 Å². The van der Waals surface area contributed by atoms with E-state index in [2.05, 4.69) is 35.4 Å². The number of amides is 2. The lowest BCUT2D eigenvalue weighted by Crippen LogP contribution is -2.31. The number of allylic oxidation sites excluding steroid dienone is 1. The largest absolute Gasteiger partial charge is 0.367 e. The molecule has 8 nitrogen and oxygen atoms in total. The zero-order chi connectivity index (χ0) is 14.9. The van der Waals surface area contributed by atoms with Crippen molar-refractivity contribution in [3.05, 3.63) is 51.9 Å². The quantitative estimate of drug-likeness (QED) is 0.715. The summed E-state index contributed by atoms with van der Waals surface area (Å²) in [6.45, 7) is 0. The fourth-order valence-electron chi connectivity index (χ4n) is 2.13. The lowest BCUT2D eigenvalue weighted by molar-refractivity contribution is 0.256. The summed E-state index contributed by atoms with van der Waals surface area (Å²) in [6, 6.07) is 3.18. The smallest absolute Gasteiger partial charge is 0.253 e. The van der Waals surface area contributed by atoms with Gasteiger partial charge in [0.05, 0.1) is 23.4 Å². The molecule has 22 heavy (non-hydrogen) atoms. The van der Waals surface area contributed by atoms with Crippen LogP contribution in [0, 0.1) is 0 Å². The Bertz CT molecular complexity index is 967. The minimum absolute atomic E-state index is 0.480. The molecule has 0 aromatic heterocycles. The Morgan fingerprint density at radius 3 is 2.73 bits per heavy atom. The topological polar surface area (TPSA) is 104 Å². The molecule has 0 aliphatic carbocycles. The maximum Gasteiger partial charge on any atom is 0.367 e. The molecule has 0 saturated carbocycles. The summed E-state index contributed by atoms with van der Waals surface area (Å²) in [5.41, 5.74) is 3.33. The van der Waals surface area contributed by atoms with Crippen LogP contribution < -0.4 is 10.6 Å². The Hall–Kier alpha value is -3.42. The summed E-state index contributed by atoms with van der Waals surface area (Å²) in [6.07, 6.45) is 8.32. The van der Waals surface area contributed by atoms with Gasteiger partial charge in [0.2, 0.25) is 0 Å².